The zero-order chi connectivity index (χ0) is 27.4. The van der Waals surface area contributed by atoms with Crippen LogP contribution in [0.25, 0.3) is 54.7 Å². The Hall–Kier alpha value is -3.97. The van der Waals surface area contributed by atoms with Crippen molar-refractivity contribution >= 4 is 32.3 Å². The summed E-state index contributed by atoms with van der Waals surface area (Å²) in [5.41, 5.74) is 3.52. The number of nitrogens with zero attached hydrogens (tertiary/aromatic N) is 1. The Labute approximate surface area is 207 Å². The van der Waals surface area contributed by atoms with Crippen LogP contribution < -0.4 is 0 Å². The number of aromatic nitrogens is 1. The zero-order valence-electron chi connectivity index (χ0n) is 24.2. The fourth-order valence-electron chi connectivity index (χ4n) is 4.94. The number of pyridine rings is 1. The molecule has 0 saturated carbocycles. The van der Waals surface area contributed by atoms with Crippen LogP contribution >= 0.6 is 0 Å². The fraction of sp³-hybridized carbons (Fsp3) is 0.121. The minimum absolute atomic E-state index is 0.197. The van der Waals surface area contributed by atoms with Crippen LogP contribution in [0.2, 0.25) is 0 Å². The maximum absolute atomic E-state index is 8.56. The Kier molecular flexibility index (Phi) is 3.91. The molecular weight excluding hydrogens is 410 g/mol. The van der Waals surface area contributed by atoms with E-state index < -0.39 is 0 Å². The molecule has 1 heterocycles. The highest BCUT2D eigenvalue weighted by Crippen LogP contribution is 2.36. The lowest BCUT2D eigenvalue weighted by Crippen LogP contribution is -1.96. The Morgan fingerprint density at radius 3 is 2.24 bits per heavy atom. The van der Waals surface area contributed by atoms with Crippen LogP contribution in [0.4, 0.5) is 0 Å². The maximum atomic E-state index is 8.56. The Balaban J connectivity index is 1.63. The quantitative estimate of drug-likeness (QED) is 0.248. The fourth-order valence-corrected chi connectivity index (χ4v) is 4.94. The molecule has 0 amide bonds. The second kappa shape index (κ2) is 8.43. The zero-order valence-corrected chi connectivity index (χ0v) is 19.2. The number of rotatable bonds is 4. The van der Waals surface area contributed by atoms with Gasteiger partial charge in [-0.3, -0.25) is 4.98 Å². The van der Waals surface area contributed by atoms with E-state index >= 15 is 0 Å². The second-order valence-electron chi connectivity index (χ2n) is 9.22. The van der Waals surface area contributed by atoms with Crippen LogP contribution in [-0.4, -0.2) is 4.98 Å². The molecule has 0 aliphatic rings. The summed E-state index contributed by atoms with van der Waals surface area (Å²) >= 11 is 0. The molecule has 0 unspecified atom stereocenters. The van der Waals surface area contributed by atoms with Crippen molar-refractivity contribution < 1.29 is 6.85 Å². The molecule has 0 spiro atoms. The van der Waals surface area contributed by atoms with E-state index in [0.29, 0.717) is 11.5 Å². The number of fused-ring (bicyclic) bond motifs is 5. The van der Waals surface area contributed by atoms with Gasteiger partial charge in [0.25, 0.3) is 0 Å². The molecule has 0 atom stereocenters. The molecule has 0 saturated heterocycles. The lowest BCUT2D eigenvalue weighted by atomic mass is 9.92. The first-order valence-corrected chi connectivity index (χ1v) is 11.7. The number of hydrogen-bond donors (Lipinski definition) is 0. The molecule has 0 bridgehead atoms. The van der Waals surface area contributed by atoms with Gasteiger partial charge in [-0.15, -0.1) is 0 Å². The predicted octanol–water partition coefficient (Wildman–Crippen LogP) is 9.07. The summed E-state index contributed by atoms with van der Waals surface area (Å²) in [4.78, 5) is 4.80. The van der Waals surface area contributed by atoms with Crippen molar-refractivity contribution in [2.45, 2.75) is 20.3 Å². The van der Waals surface area contributed by atoms with E-state index in [4.69, 9.17) is 11.8 Å². The summed E-state index contributed by atoms with van der Waals surface area (Å²) in [5.74, 6) is 0.380. The molecule has 5 aromatic carbocycles. The minimum atomic E-state index is -0.387. The van der Waals surface area contributed by atoms with Gasteiger partial charge in [0.1, 0.15) is 0 Å². The van der Waals surface area contributed by atoms with E-state index in [-0.39, 0.29) is 35.8 Å². The second-order valence-corrected chi connectivity index (χ2v) is 9.22. The van der Waals surface area contributed by atoms with Gasteiger partial charge in [0, 0.05) is 17.1 Å². The first-order valence-electron chi connectivity index (χ1n) is 14.2. The molecule has 34 heavy (non-hydrogen) atoms. The molecule has 0 fully saturated rings. The highest BCUT2D eigenvalue weighted by molar-refractivity contribution is 6.18. The molecule has 6 aromatic rings. The van der Waals surface area contributed by atoms with Gasteiger partial charge in [0.2, 0.25) is 0 Å². The third-order valence-electron chi connectivity index (χ3n) is 6.37. The van der Waals surface area contributed by atoms with Crippen LogP contribution in [0.1, 0.15) is 26.3 Å². The van der Waals surface area contributed by atoms with Gasteiger partial charge in [-0.05, 0) is 74.2 Å². The summed E-state index contributed by atoms with van der Waals surface area (Å²) in [6, 6.07) is 23.5. The van der Waals surface area contributed by atoms with E-state index in [1.807, 2.05) is 24.4 Å². The SMILES string of the molecule is [2H]c1c([2H])c([2H])c(-c2cc(CC(C)C)cc(-c3nccc4c3ccc3c5ccccc5ccc43)c2)c([2H])c1[2H]. The van der Waals surface area contributed by atoms with Crippen molar-refractivity contribution in [1.29, 1.82) is 0 Å². The van der Waals surface area contributed by atoms with Crippen LogP contribution in [-0.2, 0) is 6.42 Å². The monoisotopic (exact) mass is 442 g/mol. The molecular formula is C33H27N. The molecule has 164 valence electrons. The van der Waals surface area contributed by atoms with Crippen molar-refractivity contribution in [3.63, 3.8) is 0 Å². The molecule has 0 radical (unpaired) electrons. The van der Waals surface area contributed by atoms with Crippen molar-refractivity contribution in [3.05, 3.63) is 115 Å². The molecule has 1 heteroatoms. The maximum Gasteiger partial charge on any atom is 0.0780 e. The topological polar surface area (TPSA) is 12.9 Å². The van der Waals surface area contributed by atoms with Gasteiger partial charge in [-0.25, -0.2) is 0 Å². The predicted molar refractivity (Wildman–Crippen MR) is 146 cm³/mol. The van der Waals surface area contributed by atoms with E-state index in [2.05, 4.69) is 68.4 Å². The average Bonchev–Trinajstić information content (AvgIpc) is 2.94. The minimum Gasteiger partial charge on any atom is -0.256 e. The van der Waals surface area contributed by atoms with Crippen molar-refractivity contribution in [2.75, 3.05) is 0 Å². The van der Waals surface area contributed by atoms with Gasteiger partial charge in [0.05, 0.1) is 12.5 Å². The third-order valence-corrected chi connectivity index (χ3v) is 6.37. The van der Waals surface area contributed by atoms with E-state index in [9.17, 15) is 0 Å². The Bertz CT molecular complexity index is 1900. The summed E-state index contributed by atoms with van der Waals surface area (Å²) in [7, 11) is 0. The van der Waals surface area contributed by atoms with Gasteiger partial charge in [-0.1, -0.05) is 98.7 Å². The standard InChI is InChI=1S/C33H27N/c1-22(2)18-23-19-26(24-8-4-3-5-9-24)21-27(20-23)33-32-15-14-29-28-11-7-6-10-25(28)12-13-30(29)31(32)16-17-34-33/h3-17,19-22H,18H2,1-2H3/i3D,4D,5D,8D,9D. The number of hydrogen-bond acceptors (Lipinski definition) is 1. The summed E-state index contributed by atoms with van der Waals surface area (Å²) < 4.78 is 41.5. The molecule has 6 rings (SSSR count). The molecule has 0 N–H and O–H groups in total. The summed E-state index contributed by atoms with van der Waals surface area (Å²) in [6.45, 7) is 4.28. The lowest BCUT2D eigenvalue weighted by Gasteiger charge is -2.14. The van der Waals surface area contributed by atoms with E-state index in [1.54, 1.807) is 0 Å². The van der Waals surface area contributed by atoms with Crippen molar-refractivity contribution in [3.8, 4) is 22.4 Å². The molecule has 0 aliphatic carbocycles. The van der Waals surface area contributed by atoms with Crippen LogP contribution in [0, 0.1) is 5.92 Å². The van der Waals surface area contributed by atoms with Crippen molar-refractivity contribution in [1.82, 2.24) is 4.98 Å². The van der Waals surface area contributed by atoms with E-state index in [1.165, 1.54) is 16.2 Å². The molecule has 1 nitrogen and oxygen atoms in total. The van der Waals surface area contributed by atoms with Gasteiger partial charge in [0.15, 0.2) is 0 Å². The van der Waals surface area contributed by atoms with Crippen LogP contribution in [0.15, 0.2) is 109 Å². The Morgan fingerprint density at radius 1 is 0.676 bits per heavy atom. The van der Waals surface area contributed by atoms with E-state index in [0.717, 1.165) is 39.4 Å². The molecule has 0 aliphatic heterocycles. The summed E-state index contributed by atoms with van der Waals surface area (Å²) in [6.07, 6.45) is 2.62. The van der Waals surface area contributed by atoms with Crippen LogP contribution in [0.5, 0.6) is 0 Å². The average molecular weight is 443 g/mol. The Morgan fingerprint density at radius 2 is 1.38 bits per heavy atom. The van der Waals surface area contributed by atoms with Gasteiger partial charge >= 0.3 is 0 Å². The normalized spacial score (nSPS) is 13.7. The third kappa shape index (κ3) is 3.64. The van der Waals surface area contributed by atoms with Crippen LogP contribution in [0.3, 0.4) is 0 Å². The smallest absolute Gasteiger partial charge is 0.0780 e. The van der Waals surface area contributed by atoms with Crippen molar-refractivity contribution in [2.24, 2.45) is 5.92 Å². The highest BCUT2D eigenvalue weighted by atomic mass is 14.7. The summed E-state index contributed by atoms with van der Waals surface area (Å²) in [5, 5.41) is 6.85. The highest BCUT2D eigenvalue weighted by Gasteiger charge is 2.13. The number of benzene rings is 5. The lowest BCUT2D eigenvalue weighted by molar-refractivity contribution is 0.647. The first-order chi connectivity index (χ1) is 18.7. The largest absolute Gasteiger partial charge is 0.256 e. The molecule has 1 aromatic heterocycles. The van der Waals surface area contributed by atoms with Gasteiger partial charge in [-0.2, -0.15) is 0 Å². The van der Waals surface area contributed by atoms with Gasteiger partial charge < -0.3 is 0 Å². The first kappa shape index (κ1) is 15.8.